The van der Waals surface area contributed by atoms with Crippen LogP contribution >= 0.6 is 11.3 Å². The zero-order chi connectivity index (χ0) is 25.2. The molecule has 5 rings (SSSR count). The lowest BCUT2D eigenvalue weighted by Gasteiger charge is -2.27. The van der Waals surface area contributed by atoms with Crippen molar-refractivity contribution in [1.82, 2.24) is 14.5 Å². The van der Waals surface area contributed by atoms with Crippen LogP contribution in [0.5, 0.6) is 11.5 Å². The number of ether oxygens (including phenoxy) is 2. The first-order valence-electron chi connectivity index (χ1n) is 11.5. The molecule has 0 fully saturated rings. The highest BCUT2D eigenvalue weighted by atomic mass is 32.1. The number of carbonyl (C=O) groups is 1. The summed E-state index contributed by atoms with van der Waals surface area (Å²) in [4.78, 5) is 33.8. The third-order valence-electron chi connectivity index (χ3n) is 6.32. The SMILES string of the molecule is COc1ccc(CCn2cnc3sc4c(c3c2=O)CCN(C(=O)Nc2ccccc2F)C4)cc1OC. The highest BCUT2D eigenvalue weighted by molar-refractivity contribution is 7.18. The van der Waals surface area contributed by atoms with E-state index in [4.69, 9.17) is 9.47 Å². The van der Waals surface area contributed by atoms with Crippen LogP contribution in [0.15, 0.2) is 53.6 Å². The molecular formula is C26H25FN4O4S. The van der Waals surface area contributed by atoms with E-state index >= 15 is 0 Å². The van der Waals surface area contributed by atoms with Gasteiger partial charge in [-0.1, -0.05) is 18.2 Å². The van der Waals surface area contributed by atoms with Crippen LogP contribution in [-0.2, 0) is 25.9 Å². The topological polar surface area (TPSA) is 85.7 Å². The Balaban J connectivity index is 1.34. The van der Waals surface area contributed by atoms with Crippen LogP contribution < -0.4 is 20.3 Å². The Morgan fingerprint density at radius 2 is 1.97 bits per heavy atom. The lowest BCUT2D eigenvalue weighted by molar-refractivity contribution is 0.207. The van der Waals surface area contributed by atoms with Crippen molar-refractivity contribution in [3.8, 4) is 11.5 Å². The number of rotatable bonds is 6. The first-order chi connectivity index (χ1) is 17.5. The summed E-state index contributed by atoms with van der Waals surface area (Å²) in [7, 11) is 3.18. The number of nitrogens with one attached hydrogen (secondary N) is 1. The molecule has 2 aromatic carbocycles. The number of hydrogen-bond donors (Lipinski definition) is 1. The molecule has 0 atom stereocenters. The first kappa shape index (κ1) is 23.8. The van der Waals surface area contributed by atoms with E-state index < -0.39 is 5.82 Å². The van der Waals surface area contributed by atoms with Crippen LogP contribution in [0.1, 0.15) is 16.0 Å². The van der Waals surface area contributed by atoms with Crippen molar-refractivity contribution in [2.45, 2.75) is 25.9 Å². The normalized spacial score (nSPS) is 12.9. The van der Waals surface area contributed by atoms with Gasteiger partial charge in [0.15, 0.2) is 11.5 Å². The number of aromatic nitrogens is 2. The molecule has 10 heteroatoms. The van der Waals surface area contributed by atoms with Crippen LogP contribution in [0.4, 0.5) is 14.9 Å². The van der Waals surface area contributed by atoms with E-state index in [1.165, 1.54) is 23.5 Å². The van der Waals surface area contributed by atoms with Crippen LogP contribution in [0.2, 0.25) is 0 Å². The molecule has 0 saturated heterocycles. The van der Waals surface area contributed by atoms with E-state index in [1.807, 2.05) is 18.2 Å². The number of nitrogens with zero attached hydrogens (tertiary/aromatic N) is 3. The van der Waals surface area contributed by atoms with E-state index in [0.29, 0.717) is 54.2 Å². The lowest BCUT2D eigenvalue weighted by Crippen LogP contribution is -2.38. The van der Waals surface area contributed by atoms with E-state index in [2.05, 4.69) is 10.3 Å². The van der Waals surface area contributed by atoms with Crippen molar-refractivity contribution < 1.29 is 18.7 Å². The molecule has 36 heavy (non-hydrogen) atoms. The lowest BCUT2D eigenvalue weighted by atomic mass is 10.1. The molecule has 2 aromatic heterocycles. The number of amides is 2. The van der Waals surface area contributed by atoms with Gasteiger partial charge >= 0.3 is 6.03 Å². The fourth-order valence-electron chi connectivity index (χ4n) is 4.39. The van der Waals surface area contributed by atoms with Gasteiger partial charge in [0, 0.05) is 18.0 Å². The number of urea groups is 1. The molecule has 2 amide bonds. The quantitative estimate of drug-likeness (QED) is 0.416. The summed E-state index contributed by atoms with van der Waals surface area (Å²) < 4.78 is 26.2. The van der Waals surface area contributed by atoms with Crippen molar-refractivity contribution in [1.29, 1.82) is 0 Å². The standard InChI is InChI=1S/C26H25FN4O4S/c1-34-20-8-7-16(13-21(20)35-2)9-11-31-15-28-24-23(25(31)32)17-10-12-30(14-22(17)36-24)26(33)29-19-6-4-3-5-18(19)27/h3-8,13,15H,9-12,14H2,1-2H3,(H,29,33). The summed E-state index contributed by atoms with van der Waals surface area (Å²) in [6, 6.07) is 11.4. The van der Waals surface area contributed by atoms with Gasteiger partial charge in [-0.25, -0.2) is 14.2 Å². The molecule has 0 radical (unpaired) electrons. The summed E-state index contributed by atoms with van der Waals surface area (Å²) in [6.07, 6.45) is 2.75. The predicted octanol–water partition coefficient (Wildman–Crippen LogP) is 4.45. The van der Waals surface area contributed by atoms with E-state index in [0.717, 1.165) is 16.0 Å². The van der Waals surface area contributed by atoms with Gasteiger partial charge in [-0.2, -0.15) is 0 Å². The Labute approximate surface area is 210 Å². The maximum absolute atomic E-state index is 13.9. The van der Waals surface area contributed by atoms with Crippen LogP contribution in [0, 0.1) is 5.82 Å². The van der Waals surface area contributed by atoms with Crippen molar-refractivity contribution >= 4 is 33.3 Å². The number of halogens is 1. The molecule has 0 saturated carbocycles. The van der Waals surface area contributed by atoms with Crippen molar-refractivity contribution in [3.63, 3.8) is 0 Å². The van der Waals surface area contributed by atoms with E-state index in [1.54, 1.807) is 42.1 Å². The van der Waals surface area contributed by atoms with Crippen LogP contribution in [0.25, 0.3) is 10.2 Å². The summed E-state index contributed by atoms with van der Waals surface area (Å²) in [6.45, 7) is 1.25. The molecule has 1 aliphatic rings. The number of thiophene rings is 1. The van der Waals surface area contributed by atoms with Gasteiger partial charge < -0.3 is 19.7 Å². The van der Waals surface area contributed by atoms with Gasteiger partial charge in [0.05, 0.1) is 38.2 Å². The molecule has 0 unspecified atom stereocenters. The Morgan fingerprint density at radius 3 is 2.75 bits per heavy atom. The Kier molecular flexibility index (Phi) is 6.60. The highest BCUT2D eigenvalue weighted by Crippen LogP contribution is 2.33. The number of para-hydroxylation sites is 1. The van der Waals surface area contributed by atoms with Gasteiger partial charge in [0.2, 0.25) is 0 Å². The summed E-state index contributed by atoms with van der Waals surface area (Å²) in [5.41, 5.74) is 2.03. The molecule has 0 spiro atoms. The average molecular weight is 509 g/mol. The fourth-order valence-corrected chi connectivity index (χ4v) is 5.59. The van der Waals surface area contributed by atoms with Crippen molar-refractivity contribution in [2.75, 3.05) is 26.1 Å². The minimum atomic E-state index is -0.483. The second-order valence-corrected chi connectivity index (χ2v) is 9.53. The van der Waals surface area contributed by atoms with Crippen molar-refractivity contribution in [2.24, 2.45) is 0 Å². The second-order valence-electron chi connectivity index (χ2n) is 8.45. The molecule has 3 heterocycles. The van der Waals surface area contributed by atoms with Gasteiger partial charge in [-0.3, -0.25) is 9.36 Å². The third kappa shape index (κ3) is 4.51. The third-order valence-corrected chi connectivity index (χ3v) is 7.44. The Morgan fingerprint density at radius 1 is 1.17 bits per heavy atom. The summed E-state index contributed by atoms with van der Waals surface area (Å²) in [5.74, 6) is 0.817. The van der Waals surface area contributed by atoms with Crippen LogP contribution in [-0.4, -0.2) is 41.2 Å². The van der Waals surface area contributed by atoms with E-state index in [9.17, 15) is 14.0 Å². The molecule has 186 valence electrons. The highest BCUT2D eigenvalue weighted by Gasteiger charge is 2.27. The fraction of sp³-hybridized carbons (Fsp3) is 0.269. The van der Waals surface area contributed by atoms with E-state index in [-0.39, 0.29) is 17.3 Å². The number of hydrogen-bond acceptors (Lipinski definition) is 6. The first-order valence-corrected chi connectivity index (χ1v) is 12.3. The number of carbonyl (C=O) groups excluding carboxylic acids is 1. The van der Waals surface area contributed by atoms with Crippen LogP contribution in [0.3, 0.4) is 0 Å². The second kappa shape index (κ2) is 9.98. The number of fused-ring (bicyclic) bond motifs is 3. The molecule has 1 N–H and O–H groups in total. The largest absolute Gasteiger partial charge is 0.493 e. The molecule has 8 nitrogen and oxygen atoms in total. The minimum Gasteiger partial charge on any atom is -0.493 e. The maximum Gasteiger partial charge on any atom is 0.322 e. The maximum atomic E-state index is 13.9. The predicted molar refractivity (Wildman–Crippen MR) is 137 cm³/mol. The van der Waals surface area contributed by atoms with Gasteiger partial charge in [-0.15, -0.1) is 11.3 Å². The summed E-state index contributed by atoms with van der Waals surface area (Å²) in [5, 5.41) is 3.25. The zero-order valence-electron chi connectivity index (χ0n) is 19.9. The molecule has 0 bridgehead atoms. The number of methoxy groups -OCH3 is 2. The number of aryl methyl sites for hydroxylation is 2. The molecule has 0 aliphatic carbocycles. The monoisotopic (exact) mass is 508 g/mol. The molecule has 4 aromatic rings. The summed E-state index contributed by atoms with van der Waals surface area (Å²) >= 11 is 1.43. The number of anilines is 1. The zero-order valence-corrected chi connectivity index (χ0v) is 20.7. The Bertz CT molecular complexity index is 1500. The van der Waals surface area contributed by atoms with Gasteiger partial charge in [0.1, 0.15) is 10.6 Å². The average Bonchev–Trinajstić information content (AvgIpc) is 3.28. The number of benzene rings is 2. The minimum absolute atomic E-state index is 0.0813. The Hall–Kier alpha value is -3.92. The molecule has 1 aliphatic heterocycles. The van der Waals surface area contributed by atoms with Gasteiger partial charge in [0.25, 0.3) is 5.56 Å². The van der Waals surface area contributed by atoms with Crippen molar-refractivity contribution in [3.05, 3.63) is 81.0 Å². The smallest absolute Gasteiger partial charge is 0.322 e. The molecular weight excluding hydrogens is 483 g/mol. The van der Waals surface area contributed by atoms with Gasteiger partial charge in [-0.05, 0) is 48.2 Å².